The summed E-state index contributed by atoms with van der Waals surface area (Å²) in [5.41, 5.74) is 7.65. The second kappa shape index (κ2) is 14.1. The number of ether oxygens (including phenoxy) is 1. The zero-order valence-corrected chi connectivity index (χ0v) is 29.6. The van der Waals surface area contributed by atoms with Gasteiger partial charge in [0.2, 0.25) is 0 Å². The molecule has 258 valence electrons. The smallest absolute Gasteiger partial charge is 0.356 e. The number of aliphatic hydroxyl groups is 1. The molecule has 1 aromatic heterocycles. The van der Waals surface area contributed by atoms with Gasteiger partial charge in [0.25, 0.3) is 11.8 Å². The molecule has 2 atom stereocenters. The summed E-state index contributed by atoms with van der Waals surface area (Å²) < 4.78 is 5.53. The van der Waals surface area contributed by atoms with Crippen molar-refractivity contribution in [2.24, 2.45) is 5.16 Å². The summed E-state index contributed by atoms with van der Waals surface area (Å²) in [5, 5.41) is 17.6. The van der Waals surface area contributed by atoms with Gasteiger partial charge in [-0.15, -0.1) is 11.8 Å². The lowest BCUT2D eigenvalue weighted by Gasteiger charge is -2.50. The number of rotatable bonds is 10. The van der Waals surface area contributed by atoms with E-state index in [1.807, 2.05) is 91.0 Å². The maximum Gasteiger partial charge on any atom is 0.356 e. The summed E-state index contributed by atoms with van der Waals surface area (Å²) in [7, 11) is 1.31. The summed E-state index contributed by atoms with van der Waals surface area (Å²) in [6.45, 7) is 4.72. The van der Waals surface area contributed by atoms with E-state index in [-0.39, 0.29) is 22.1 Å². The van der Waals surface area contributed by atoms with Crippen LogP contribution in [0.25, 0.3) is 0 Å². The van der Waals surface area contributed by atoms with Gasteiger partial charge in [0, 0.05) is 10.7 Å². The van der Waals surface area contributed by atoms with Crippen LogP contribution >= 0.6 is 23.1 Å². The summed E-state index contributed by atoms with van der Waals surface area (Å²) >= 11 is 2.47. The number of thiazole rings is 1. The summed E-state index contributed by atoms with van der Waals surface area (Å²) in [5.74, 6) is -1.62. The molecular formula is C37H37N5O6S2. The monoisotopic (exact) mass is 711 g/mol. The molecule has 13 heteroatoms. The predicted octanol–water partition coefficient (Wildman–Crippen LogP) is 4.45. The van der Waals surface area contributed by atoms with E-state index in [9.17, 15) is 19.5 Å². The van der Waals surface area contributed by atoms with E-state index in [1.165, 1.54) is 35.1 Å². The van der Waals surface area contributed by atoms with Crippen LogP contribution in [0.4, 0.5) is 5.00 Å². The van der Waals surface area contributed by atoms with Crippen LogP contribution in [0.1, 0.15) is 48.2 Å². The standard InChI is InChI=1S/C37H37N5O6S2/c1-36(2,3)48-34(46)30-26(20-43)49-21-25-27(33(45)42(25)30)39-32(44)29(41-47-4)28-31(38)50-35(40-28)37(22-14-8-5-9-15-22,23-16-10-6-11-17-23)24-18-12-7-13-19-24/h5-19,25,27,43H,20-21,38H2,1-4H3,(H,39,44)/b41-29-/t25-,27+/m1/s1. The lowest BCUT2D eigenvalue weighted by molar-refractivity contribution is -0.160. The molecule has 1 fully saturated rings. The van der Waals surface area contributed by atoms with Crippen molar-refractivity contribution in [2.45, 2.75) is 43.9 Å². The maximum absolute atomic E-state index is 14.0. The van der Waals surface area contributed by atoms with Crippen LogP contribution in [-0.2, 0) is 29.4 Å². The third-order valence-corrected chi connectivity index (χ3v) is 10.6. The van der Waals surface area contributed by atoms with Crippen molar-refractivity contribution in [3.63, 3.8) is 0 Å². The maximum atomic E-state index is 14.0. The van der Waals surface area contributed by atoms with Crippen LogP contribution in [0.3, 0.4) is 0 Å². The fraction of sp³-hybridized carbons (Fsp3) is 0.270. The number of esters is 1. The van der Waals surface area contributed by atoms with Gasteiger partial charge < -0.3 is 25.7 Å². The zero-order chi connectivity index (χ0) is 35.6. The number of oxime groups is 1. The van der Waals surface area contributed by atoms with Crippen molar-refractivity contribution in [2.75, 3.05) is 25.2 Å². The Hall–Kier alpha value is -4.98. The molecule has 0 radical (unpaired) electrons. The average Bonchev–Trinajstić information content (AvgIpc) is 3.50. The van der Waals surface area contributed by atoms with Gasteiger partial charge in [-0.05, 0) is 37.5 Å². The Morgan fingerprint density at radius 3 is 2.00 bits per heavy atom. The fourth-order valence-corrected chi connectivity index (χ4v) is 8.50. The molecule has 0 saturated carbocycles. The lowest BCUT2D eigenvalue weighted by atomic mass is 9.70. The number of nitrogens with zero attached hydrogens (tertiary/aromatic N) is 3. The minimum absolute atomic E-state index is 0.0163. The van der Waals surface area contributed by atoms with Gasteiger partial charge >= 0.3 is 5.97 Å². The molecule has 2 amide bonds. The lowest BCUT2D eigenvalue weighted by Crippen LogP contribution is -2.73. The molecule has 11 nitrogen and oxygen atoms in total. The van der Waals surface area contributed by atoms with Crippen LogP contribution in [0.5, 0.6) is 0 Å². The number of anilines is 1. The summed E-state index contributed by atoms with van der Waals surface area (Å²) in [6, 6.07) is 28.3. The highest BCUT2D eigenvalue weighted by Crippen LogP contribution is 2.47. The van der Waals surface area contributed by atoms with Crippen LogP contribution in [0.2, 0.25) is 0 Å². The molecule has 4 aromatic rings. The topological polar surface area (TPSA) is 156 Å². The number of nitrogens with two attached hydrogens (primary N) is 1. The SMILES string of the molecule is CO/N=C(\C(=O)N[C@@H]1C(=O)N2C(C(=O)OC(C)(C)C)=C(CO)SC[C@H]12)c1nc(C(c2ccccc2)(c2ccccc2)c2ccccc2)sc1N. The number of benzene rings is 3. The molecule has 0 bridgehead atoms. The molecule has 2 aliphatic heterocycles. The van der Waals surface area contributed by atoms with Crippen molar-refractivity contribution >= 4 is 51.6 Å². The quantitative estimate of drug-likeness (QED) is 0.0712. The third-order valence-electron chi connectivity index (χ3n) is 8.39. The molecule has 3 heterocycles. The molecule has 0 aliphatic carbocycles. The number of carbonyl (C=O) groups is 3. The Labute approximate surface area is 298 Å². The minimum atomic E-state index is -0.980. The van der Waals surface area contributed by atoms with Crippen molar-refractivity contribution in [3.8, 4) is 0 Å². The van der Waals surface area contributed by atoms with Gasteiger partial charge in [-0.3, -0.25) is 14.5 Å². The van der Waals surface area contributed by atoms with E-state index in [0.29, 0.717) is 15.7 Å². The fourth-order valence-electron chi connectivity index (χ4n) is 6.29. The Bertz CT molecular complexity index is 1860. The van der Waals surface area contributed by atoms with Crippen LogP contribution < -0.4 is 11.1 Å². The summed E-state index contributed by atoms with van der Waals surface area (Å²) in [6.07, 6.45) is 0. The number of amides is 2. The number of carbonyl (C=O) groups excluding carboxylic acids is 3. The van der Waals surface area contributed by atoms with E-state index in [2.05, 4.69) is 10.5 Å². The first-order chi connectivity index (χ1) is 24.0. The van der Waals surface area contributed by atoms with E-state index >= 15 is 0 Å². The van der Waals surface area contributed by atoms with Crippen molar-refractivity contribution < 1.29 is 29.1 Å². The van der Waals surface area contributed by atoms with E-state index < -0.39 is 47.5 Å². The van der Waals surface area contributed by atoms with Crippen LogP contribution in [0, 0.1) is 0 Å². The number of hydrogen-bond donors (Lipinski definition) is 3. The number of hydrogen-bond acceptors (Lipinski definition) is 11. The number of β-lactam (4-membered cyclic amide) rings is 1. The highest BCUT2D eigenvalue weighted by molar-refractivity contribution is 8.03. The normalized spacial score (nSPS) is 17.9. The minimum Gasteiger partial charge on any atom is -0.455 e. The second-order valence-electron chi connectivity index (χ2n) is 12.7. The Balaban J connectivity index is 1.36. The number of aliphatic hydroxyl groups excluding tert-OH is 1. The number of fused-ring (bicyclic) bond motifs is 1. The van der Waals surface area contributed by atoms with Crippen LogP contribution in [-0.4, -0.2) is 75.6 Å². The van der Waals surface area contributed by atoms with Gasteiger partial charge in [-0.25, -0.2) is 9.78 Å². The van der Waals surface area contributed by atoms with Crippen LogP contribution in [0.15, 0.2) is 107 Å². The first-order valence-electron chi connectivity index (χ1n) is 15.9. The Morgan fingerprint density at radius 2 is 1.52 bits per heavy atom. The second-order valence-corrected chi connectivity index (χ2v) is 14.8. The summed E-state index contributed by atoms with van der Waals surface area (Å²) in [4.78, 5) is 52.4. The number of nitrogens with one attached hydrogen (secondary N) is 1. The molecular weight excluding hydrogens is 675 g/mol. The molecule has 2 aliphatic rings. The van der Waals surface area contributed by atoms with Crippen molar-refractivity contribution in [1.29, 1.82) is 0 Å². The Kier molecular flexibility index (Phi) is 9.83. The predicted molar refractivity (Wildman–Crippen MR) is 193 cm³/mol. The van der Waals surface area contributed by atoms with E-state index in [4.69, 9.17) is 20.3 Å². The van der Waals surface area contributed by atoms with Crippen molar-refractivity contribution in [1.82, 2.24) is 15.2 Å². The molecule has 0 unspecified atom stereocenters. The van der Waals surface area contributed by atoms with Gasteiger partial charge in [0.05, 0.1) is 18.1 Å². The Morgan fingerprint density at radius 1 is 0.980 bits per heavy atom. The number of nitrogen functional groups attached to an aromatic ring is 1. The van der Waals surface area contributed by atoms with Gasteiger partial charge in [0.15, 0.2) is 5.71 Å². The van der Waals surface area contributed by atoms with Gasteiger partial charge in [-0.1, -0.05) is 107 Å². The van der Waals surface area contributed by atoms with Gasteiger partial charge in [0.1, 0.15) is 40.2 Å². The molecule has 0 spiro atoms. The first-order valence-corrected chi connectivity index (χ1v) is 17.7. The third kappa shape index (κ3) is 6.28. The van der Waals surface area contributed by atoms with Gasteiger partial charge in [-0.2, -0.15) is 0 Å². The van der Waals surface area contributed by atoms with E-state index in [0.717, 1.165) is 16.7 Å². The first kappa shape index (κ1) is 34.9. The molecule has 4 N–H and O–H groups in total. The van der Waals surface area contributed by atoms with E-state index in [1.54, 1.807) is 20.8 Å². The zero-order valence-electron chi connectivity index (χ0n) is 28.0. The number of thioether (sulfide) groups is 1. The highest BCUT2D eigenvalue weighted by atomic mass is 32.2. The van der Waals surface area contributed by atoms with Crippen molar-refractivity contribution in [3.05, 3.63) is 129 Å². The molecule has 6 rings (SSSR count). The average molecular weight is 712 g/mol. The highest BCUT2D eigenvalue weighted by Gasteiger charge is 2.55. The number of aromatic nitrogens is 1. The molecule has 50 heavy (non-hydrogen) atoms. The molecule has 3 aromatic carbocycles. The molecule has 1 saturated heterocycles. The largest absolute Gasteiger partial charge is 0.455 e.